The van der Waals surface area contributed by atoms with Crippen molar-refractivity contribution in [1.82, 2.24) is 0 Å². The van der Waals surface area contributed by atoms with Gasteiger partial charge in [0.2, 0.25) is 0 Å². The fraction of sp³-hybridized carbons (Fsp3) is 0.500. The lowest BCUT2D eigenvalue weighted by Crippen LogP contribution is -2.07. The number of hydrogen-bond donors (Lipinski definition) is 0. The highest BCUT2D eigenvalue weighted by atomic mass is 79.9. The number of benzene rings is 1. The van der Waals surface area contributed by atoms with Crippen molar-refractivity contribution in [3.8, 4) is 0 Å². The maximum atomic E-state index is 12.8. The molecule has 7 heteroatoms. The van der Waals surface area contributed by atoms with Crippen molar-refractivity contribution in [2.45, 2.75) is 26.2 Å². The zero-order valence-corrected chi connectivity index (χ0v) is 13.1. The Morgan fingerprint density at radius 1 is 1.16 bits per heavy atom. The van der Waals surface area contributed by atoms with E-state index in [0.29, 0.717) is 24.9 Å². The SMILES string of the molecule is CCOP(Cc1ccc(Br)c(C(F)(F)F)c1)OCC. The van der Waals surface area contributed by atoms with Gasteiger partial charge < -0.3 is 9.05 Å². The molecule has 0 aliphatic heterocycles. The van der Waals surface area contributed by atoms with Gasteiger partial charge in [-0.25, -0.2) is 0 Å². The Balaban J connectivity index is 2.89. The van der Waals surface area contributed by atoms with Crippen molar-refractivity contribution >= 4 is 24.3 Å². The molecule has 0 fully saturated rings. The topological polar surface area (TPSA) is 18.5 Å². The van der Waals surface area contributed by atoms with Crippen LogP contribution in [-0.2, 0) is 21.4 Å². The molecule has 0 saturated carbocycles. The van der Waals surface area contributed by atoms with Gasteiger partial charge in [0.05, 0.1) is 18.8 Å². The third-order valence-electron chi connectivity index (χ3n) is 2.19. The van der Waals surface area contributed by atoms with E-state index in [1.807, 2.05) is 13.8 Å². The van der Waals surface area contributed by atoms with Crippen LogP contribution in [0.3, 0.4) is 0 Å². The molecular weight excluding hydrogens is 344 g/mol. The summed E-state index contributed by atoms with van der Waals surface area (Å²) in [5, 5.41) is 0. The minimum absolute atomic E-state index is 0.0425. The van der Waals surface area contributed by atoms with Gasteiger partial charge in [-0.3, -0.25) is 0 Å². The van der Waals surface area contributed by atoms with Crippen LogP contribution in [0.4, 0.5) is 13.2 Å². The van der Waals surface area contributed by atoms with Gasteiger partial charge in [-0.15, -0.1) is 0 Å². The van der Waals surface area contributed by atoms with Crippen molar-refractivity contribution in [2.24, 2.45) is 0 Å². The molecule has 0 bridgehead atoms. The van der Waals surface area contributed by atoms with Gasteiger partial charge in [0, 0.05) is 10.6 Å². The molecule has 0 atom stereocenters. The summed E-state index contributed by atoms with van der Waals surface area (Å²) in [5.74, 6) is 0. The summed E-state index contributed by atoms with van der Waals surface area (Å²) >= 11 is 2.92. The molecule has 1 aromatic rings. The molecule has 0 aromatic heterocycles. The van der Waals surface area contributed by atoms with E-state index < -0.39 is 20.1 Å². The second-order valence-electron chi connectivity index (χ2n) is 3.64. The number of halogens is 4. The van der Waals surface area contributed by atoms with E-state index in [-0.39, 0.29) is 4.47 Å². The first-order chi connectivity index (χ1) is 8.88. The predicted molar refractivity (Wildman–Crippen MR) is 73.0 cm³/mol. The summed E-state index contributed by atoms with van der Waals surface area (Å²) in [6, 6.07) is 4.19. The van der Waals surface area contributed by atoms with Crippen molar-refractivity contribution in [3.05, 3.63) is 33.8 Å². The first kappa shape index (κ1) is 16.9. The van der Waals surface area contributed by atoms with Crippen LogP contribution in [0.25, 0.3) is 0 Å². The number of rotatable bonds is 6. The second kappa shape index (κ2) is 7.58. The molecule has 1 aromatic carbocycles. The van der Waals surface area contributed by atoms with E-state index in [0.717, 1.165) is 6.07 Å². The minimum atomic E-state index is -4.37. The molecule has 2 nitrogen and oxygen atoms in total. The maximum Gasteiger partial charge on any atom is 0.417 e. The molecule has 1 rings (SSSR count). The standard InChI is InChI=1S/C12H15BrF3O2P/c1-3-17-19(18-4-2)8-9-5-6-11(13)10(7-9)12(14,15)16/h5-7H,3-4,8H2,1-2H3. The number of hydrogen-bond acceptors (Lipinski definition) is 2. The van der Waals surface area contributed by atoms with Crippen molar-refractivity contribution in [2.75, 3.05) is 13.2 Å². The Hall–Kier alpha value is -0.160. The Morgan fingerprint density at radius 3 is 2.21 bits per heavy atom. The summed E-state index contributed by atoms with van der Waals surface area (Å²) < 4.78 is 49.2. The fourth-order valence-corrected chi connectivity index (χ4v) is 3.25. The lowest BCUT2D eigenvalue weighted by atomic mass is 10.1. The molecule has 0 N–H and O–H groups in total. The van der Waals surface area contributed by atoms with Crippen LogP contribution in [0.2, 0.25) is 0 Å². The van der Waals surface area contributed by atoms with Crippen molar-refractivity contribution in [1.29, 1.82) is 0 Å². The third kappa shape index (κ3) is 5.38. The number of alkyl halides is 3. The monoisotopic (exact) mass is 358 g/mol. The van der Waals surface area contributed by atoms with Gasteiger partial charge in [0.15, 0.2) is 8.38 Å². The zero-order valence-electron chi connectivity index (χ0n) is 10.6. The molecule has 0 spiro atoms. The largest absolute Gasteiger partial charge is 0.417 e. The summed E-state index contributed by atoms with van der Waals surface area (Å²) in [6.07, 6.45) is -4.01. The third-order valence-corrected chi connectivity index (χ3v) is 4.60. The summed E-state index contributed by atoms with van der Waals surface area (Å²) in [4.78, 5) is 0. The highest BCUT2D eigenvalue weighted by Gasteiger charge is 2.33. The Kier molecular flexibility index (Phi) is 6.74. The Morgan fingerprint density at radius 2 is 1.74 bits per heavy atom. The quantitative estimate of drug-likeness (QED) is 0.638. The molecule has 0 radical (unpaired) electrons. The summed E-state index contributed by atoms with van der Waals surface area (Å²) in [5.41, 5.74) is -0.114. The fourth-order valence-electron chi connectivity index (χ4n) is 1.45. The second-order valence-corrected chi connectivity index (χ2v) is 5.99. The van der Waals surface area contributed by atoms with Gasteiger partial charge in [-0.05, 0) is 31.5 Å². The van der Waals surface area contributed by atoms with Crippen LogP contribution >= 0.6 is 24.3 Å². The average Bonchev–Trinajstić information content (AvgIpc) is 2.31. The zero-order chi connectivity index (χ0) is 14.5. The van der Waals surface area contributed by atoms with Gasteiger partial charge in [0.1, 0.15) is 0 Å². The minimum Gasteiger partial charge on any atom is -0.334 e. The molecular formula is C12H15BrF3O2P. The van der Waals surface area contributed by atoms with E-state index in [1.165, 1.54) is 6.07 Å². The van der Waals surface area contributed by atoms with Crippen molar-refractivity contribution < 1.29 is 22.2 Å². The lowest BCUT2D eigenvalue weighted by molar-refractivity contribution is -0.138. The van der Waals surface area contributed by atoms with Gasteiger partial charge in [-0.2, -0.15) is 13.2 Å². The van der Waals surface area contributed by atoms with Crippen LogP contribution in [0.5, 0.6) is 0 Å². The first-order valence-electron chi connectivity index (χ1n) is 5.77. The normalized spacial score (nSPS) is 12.2. The highest BCUT2D eigenvalue weighted by molar-refractivity contribution is 9.10. The Bertz CT molecular complexity index is 406. The predicted octanol–water partition coefficient (Wildman–Crippen LogP) is 5.35. The molecule has 0 amide bonds. The van der Waals surface area contributed by atoms with E-state index in [1.54, 1.807) is 6.07 Å². The average molecular weight is 359 g/mol. The maximum absolute atomic E-state index is 12.8. The van der Waals surface area contributed by atoms with Gasteiger partial charge in [0.25, 0.3) is 0 Å². The van der Waals surface area contributed by atoms with Gasteiger partial charge in [-0.1, -0.05) is 22.0 Å². The Labute approximate surface area is 120 Å². The molecule has 0 aliphatic carbocycles. The molecule has 0 unspecified atom stereocenters. The highest BCUT2D eigenvalue weighted by Crippen LogP contribution is 2.43. The molecule has 19 heavy (non-hydrogen) atoms. The molecule has 0 aliphatic rings. The van der Waals surface area contributed by atoms with E-state index in [9.17, 15) is 13.2 Å². The first-order valence-corrected chi connectivity index (χ1v) is 7.93. The summed E-state index contributed by atoms with van der Waals surface area (Å²) in [6.45, 7) is 4.62. The van der Waals surface area contributed by atoms with E-state index in [4.69, 9.17) is 9.05 Å². The molecule has 0 heterocycles. The van der Waals surface area contributed by atoms with Crippen LogP contribution in [0.15, 0.2) is 22.7 Å². The van der Waals surface area contributed by atoms with Gasteiger partial charge >= 0.3 is 6.18 Å². The van der Waals surface area contributed by atoms with Crippen LogP contribution < -0.4 is 0 Å². The molecule has 108 valence electrons. The summed E-state index contributed by atoms with van der Waals surface area (Å²) in [7, 11) is -1.18. The lowest BCUT2D eigenvalue weighted by Gasteiger charge is -2.17. The molecule has 0 saturated heterocycles. The van der Waals surface area contributed by atoms with Crippen molar-refractivity contribution in [3.63, 3.8) is 0 Å². The smallest absolute Gasteiger partial charge is 0.334 e. The van der Waals surface area contributed by atoms with Crippen LogP contribution in [-0.4, -0.2) is 13.2 Å². The van der Waals surface area contributed by atoms with E-state index >= 15 is 0 Å². The van der Waals surface area contributed by atoms with Crippen LogP contribution in [0.1, 0.15) is 25.0 Å². The van der Waals surface area contributed by atoms with Crippen LogP contribution in [0, 0.1) is 0 Å². The van der Waals surface area contributed by atoms with E-state index in [2.05, 4.69) is 15.9 Å².